The van der Waals surface area contributed by atoms with Crippen LogP contribution in [-0.2, 0) is 6.42 Å². The number of ether oxygens (including phenoxy) is 1. The summed E-state index contributed by atoms with van der Waals surface area (Å²) in [4.78, 5) is 17.9. The van der Waals surface area contributed by atoms with Crippen molar-refractivity contribution in [3.05, 3.63) is 65.2 Å². The second kappa shape index (κ2) is 11.9. The van der Waals surface area contributed by atoms with Gasteiger partial charge >= 0.3 is 0 Å². The van der Waals surface area contributed by atoms with Crippen molar-refractivity contribution >= 4 is 11.9 Å². The summed E-state index contributed by atoms with van der Waals surface area (Å²) in [5.74, 6) is 2.14. The van der Waals surface area contributed by atoms with E-state index in [4.69, 9.17) is 4.74 Å². The van der Waals surface area contributed by atoms with Crippen molar-refractivity contribution < 1.29 is 9.53 Å². The molecular formula is C24H34N4O2. The topological polar surface area (TPSA) is 66.0 Å². The molecule has 0 fully saturated rings. The third kappa shape index (κ3) is 7.43. The standard InChI is InChI=1S/C24H34N4O2/c1-18(2)20-9-11-22(12-10-20)30-16-15-27-24(25-3)26-14-13-19-7-6-8-21(17-19)23(29)28(4)5/h6-12,17-18H,13-16H2,1-5H3,(H2,25,26,27). The number of amides is 1. The quantitative estimate of drug-likeness (QED) is 0.378. The minimum atomic E-state index is 0.0149. The predicted octanol–water partition coefficient (Wildman–Crippen LogP) is 3.30. The molecule has 0 saturated heterocycles. The molecule has 30 heavy (non-hydrogen) atoms. The van der Waals surface area contributed by atoms with E-state index < -0.39 is 0 Å². The zero-order chi connectivity index (χ0) is 21.9. The number of guanidine groups is 1. The smallest absolute Gasteiger partial charge is 0.253 e. The Morgan fingerprint density at radius 3 is 2.40 bits per heavy atom. The first-order valence-electron chi connectivity index (χ1n) is 10.4. The zero-order valence-electron chi connectivity index (χ0n) is 18.7. The van der Waals surface area contributed by atoms with Crippen LogP contribution in [0.1, 0.15) is 41.3 Å². The van der Waals surface area contributed by atoms with Crippen molar-refractivity contribution in [1.82, 2.24) is 15.5 Å². The molecule has 6 nitrogen and oxygen atoms in total. The molecule has 0 aromatic heterocycles. The van der Waals surface area contributed by atoms with E-state index in [1.54, 1.807) is 26.0 Å². The van der Waals surface area contributed by atoms with Crippen LogP contribution in [0.15, 0.2) is 53.5 Å². The number of aliphatic imine (C=N–C) groups is 1. The number of hydrogen-bond acceptors (Lipinski definition) is 3. The summed E-state index contributed by atoms with van der Waals surface area (Å²) in [5, 5.41) is 6.55. The summed E-state index contributed by atoms with van der Waals surface area (Å²) in [6, 6.07) is 16.0. The van der Waals surface area contributed by atoms with Gasteiger partial charge in [-0.1, -0.05) is 38.1 Å². The highest BCUT2D eigenvalue weighted by molar-refractivity contribution is 5.94. The summed E-state index contributed by atoms with van der Waals surface area (Å²) in [5.41, 5.74) is 3.12. The fraction of sp³-hybridized carbons (Fsp3) is 0.417. The maximum Gasteiger partial charge on any atom is 0.253 e. The molecule has 0 heterocycles. The van der Waals surface area contributed by atoms with E-state index >= 15 is 0 Å². The number of rotatable bonds is 9. The first kappa shape index (κ1) is 23.3. The van der Waals surface area contributed by atoms with E-state index in [0.717, 1.165) is 30.2 Å². The Kier molecular flexibility index (Phi) is 9.19. The Morgan fingerprint density at radius 2 is 1.77 bits per heavy atom. The van der Waals surface area contributed by atoms with Gasteiger partial charge in [0.25, 0.3) is 5.91 Å². The van der Waals surface area contributed by atoms with E-state index in [9.17, 15) is 4.79 Å². The minimum absolute atomic E-state index is 0.0149. The summed E-state index contributed by atoms with van der Waals surface area (Å²) in [7, 11) is 5.27. The lowest BCUT2D eigenvalue weighted by Crippen LogP contribution is -2.40. The largest absolute Gasteiger partial charge is 0.492 e. The van der Waals surface area contributed by atoms with E-state index in [1.165, 1.54) is 5.56 Å². The molecule has 0 atom stereocenters. The molecule has 6 heteroatoms. The van der Waals surface area contributed by atoms with E-state index in [0.29, 0.717) is 24.6 Å². The Balaban J connectivity index is 1.71. The van der Waals surface area contributed by atoms with Crippen molar-refractivity contribution in [1.29, 1.82) is 0 Å². The van der Waals surface area contributed by atoms with Gasteiger partial charge < -0.3 is 20.3 Å². The fourth-order valence-electron chi connectivity index (χ4n) is 2.95. The van der Waals surface area contributed by atoms with Crippen LogP contribution in [0, 0.1) is 0 Å². The number of nitrogens with one attached hydrogen (secondary N) is 2. The number of hydrogen-bond donors (Lipinski definition) is 2. The highest BCUT2D eigenvalue weighted by Crippen LogP contribution is 2.18. The third-order valence-corrected chi connectivity index (χ3v) is 4.72. The fourth-order valence-corrected chi connectivity index (χ4v) is 2.95. The first-order chi connectivity index (χ1) is 14.4. The molecule has 2 aromatic rings. The molecule has 0 spiro atoms. The van der Waals surface area contributed by atoms with Crippen molar-refractivity contribution in [3.8, 4) is 5.75 Å². The van der Waals surface area contributed by atoms with Gasteiger partial charge in [0, 0.05) is 33.3 Å². The number of carbonyl (C=O) groups excluding carboxylic acids is 1. The maximum atomic E-state index is 12.1. The zero-order valence-corrected chi connectivity index (χ0v) is 18.7. The molecular weight excluding hydrogens is 376 g/mol. The summed E-state index contributed by atoms with van der Waals surface area (Å²) in [6.45, 7) is 6.28. The lowest BCUT2D eigenvalue weighted by atomic mass is 10.0. The Morgan fingerprint density at radius 1 is 1.07 bits per heavy atom. The monoisotopic (exact) mass is 410 g/mol. The molecule has 2 rings (SSSR count). The number of nitrogens with zero attached hydrogens (tertiary/aromatic N) is 2. The van der Waals surface area contributed by atoms with Gasteiger partial charge in [0.2, 0.25) is 0 Å². The van der Waals surface area contributed by atoms with Crippen LogP contribution >= 0.6 is 0 Å². The Bertz CT molecular complexity index is 829. The van der Waals surface area contributed by atoms with Gasteiger partial charge in [-0.15, -0.1) is 0 Å². The number of benzene rings is 2. The molecule has 1 amide bonds. The van der Waals surface area contributed by atoms with Gasteiger partial charge in [-0.2, -0.15) is 0 Å². The minimum Gasteiger partial charge on any atom is -0.492 e. The van der Waals surface area contributed by atoms with Crippen molar-refractivity contribution in [2.24, 2.45) is 4.99 Å². The summed E-state index contributed by atoms with van der Waals surface area (Å²) < 4.78 is 5.78. The third-order valence-electron chi connectivity index (χ3n) is 4.72. The highest BCUT2D eigenvalue weighted by atomic mass is 16.5. The van der Waals surface area contributed by atoms with Crippen LogP contribution in [0.4, 0.5) is 0 Å². The highest BCUT2D eigenvalue weighted by Gasteiger charge is 2.08. The Labute approximate surface area is 180 Å². The van der Waals surface area contributed by atoms with Crippen molar-refractivity contribution in [3.63, 3.8) is 0 Å². The van der Waals surface area contributed by atoms with Crippen LogP contribution in [0.3, 0.4) is 0 Å². The van der Waals surface area contributed by atoms with E-state index in [1.807, 2.05) is 36.4 Å². The molecule has 0 unspecified atom stereocenters. The molecule has 0 aliphatic heterocycles. The van der Waals surface area contributed by atoms with E-state index in [2.05, 4.69) is 41.6 Å². The van der Waals surface area contributed by atoms with Gasteiger partial charge in [0.1, 0.15) is 12.4 Å². The molecule has 0 saturated carbocycles. The molecule has 0 bridgehead atoms. The number of carbonyl (C=O) groups is 1. The van der Waals surface area contributed by atoms with Gasteiger partial charge in [-0.3, -0.25) is 9.79 Å². The van der Waals surface area contributed by atoms with Crippen LogP contribution in [0.25, 0.3) is 0 Å². The lowest BCUT2D eigenvalue weighted by Gasteiger charge is -2.14. The molecule has 2 aromatic carbocycles. The van der Waals surface area contributed by atoms with Crippen LogP contribution in [-0.4, -0.2) is 57.6 Å². The van der Waals surface area contributed by atoms with Gasteiger partial charge in [-0.25, -0.2) is 0 Å². The summed E-state index contributed by atoms with van der Waals surface area (Å²) in [6.07, 6.45) is 0.800. The first-order valence-corrected chi connectivity index (χ1v) is 10.4. The molecule has 2 N–H and O–H groups in total. The van der Waals surface area contributed by atoms with E-state index in [-0.39, 0.29) is 5.91 Å². The maximum absolute atomic E-state index is 12.1. The molecule has 0 aliphatic rings. The lowest BCUT2D eigenvalue weighted by molar-refractivity contribution is 0.0827. The SMILES string of the molecule is CN=C(NCCOc1ccc(C(C)C)cc1)NCCc1cccc(C(=O)N(C)C)c1. The second-order valence-corrected chi connectivity index (χ2v) is 7.65. The Hall–Kier alpha value is -3.02. The van der Waals surface area contributed by atoms with Gasteiger partial charge in [0.15, 0.2) is 5.96 Å². The second-order valence-electron chi connectivity index (χ2n) is 7.65. The van der Waals surface area contributed by atoms with Crippen LogP contribution in [0.2, 0.25) is 0 Å². The molecule has 162 valence electrons. The van der Waals surface area contributed by atoms with Crippen LogP contribution < -0.4 is 15.4 Å². The molecule has 0 aliphatic carbocycles. The van der Waals surface area contributed by atoms with Gasteiger partial charge in [0.05, 0.1) is 6.54 Å². The average Bonchev–Trinajstić information content (AvgIpc) is 2.75. The van der Waals surface area contributed by atoms with Crippen molar-refractivity contribution in [2.45, 2.75) is 26.2 Å². The molecule has 0 radical (unpaired) electrons. The van der Waals surface area contributed by atoms with Crippen molar-refractivity contribution in [2.75, 3.05) is 40.8 Å². The van der Waals surface area contributed by atoms with Gasteiger partial charge in [-0.05, 0) is 47.7 Å². The summed E-state index contributed by atoms with van der Waals surface area (Å²) >= 11 is 0. The predicted molar refractivity (Wildman–Crippen MR) is 124 cm³/mol. The normalized spacial score (nSPS) is 11.3. The average molecular weight is 411 g/mol. The van der Waals surface area contributed by atoms with Crippen LogP contribution in [0.5, 0.6) is 5.75 Å².